The second kappa shape index (κ2) is 5.71. The van der Waals surface area contributed by atoms with Gasteiger partial charge in [0.1, 0.15) is 11.3 Å². The first kappa shape index (κ1) is 15.0. The number of methoxy groups -OCH3 is 1. The highest BCUT2D eigenvalue weighted by atomic mass is 35.5. The Hall–Kier alpha value is -1.91. The number of aryl methyl sites for hydroxylation is 2. The predicted octanol–water partition coefficient (Wildman–Crippen LogP) is 4.94. The molecule has 4 nitrogen and oxygen atoms in total. The second-order valence-electron chi connectivity index (χ2n) is 5.03. The number of imidazole rings is 1. The van der Waals surface area contributed by atoms with Crippen LogP contribution in [0.2, 0.25) is 10.0 Å². The van der Waals surface area contributed by atoms with E-state index in [1.807, 2.05) is 42.8 Å². The number of hydrogen-bond donors (Lipinski definition) is 1. The zero-order chi connectivity index (χ0) is 15.9. The minimum atomic E-state index is 0.626. The van der Waals surface area contributed by atoms with Crippen molar-refractivity contribution < 1.29 is 4.74 Å². The smallest absolute Gasteiger partial charge is 0.208 e. The standard InChI is InChI=1S/C16H15Cl2N3O/c1-9-7-10(17)8-13(22-3)14(9)19-16-20-15-11(18)5-4-6-12(15)21(16)2/h4-8H,1-3H3,(H,19,20). The van der Waals surface area contributed by atoms with Crippen LogP contribution in [0.25, 0.3) is 11.0 Å². The number of nitrogens with one attached hydrogen (secondary N) is 1. The zero-order valence-corrected chi connectivity index (χ0v) is 14.0. The number of rotatable bonds is 3. The number of halogens is 2. The van der Waals surface area contributed by atoms with E-state index in [1.54, 1.807) is 13.2 Å². The summed E-state index contributed by atoms with van der Waals surface area (Å²) in [5, 5.41) is 4.57. The van der Waals surface area contributed by atoms with E-state index in [9.17, 15) is 0 Å². The van der Waals surface area contributed by atoms with Gasteiger partial charge < -0.3 is 14.6 Å². The first-order valence-corrected chi connectivity index (χ1v) is 7.49. The number of benzene rings is 2. The third-order valence-corrected chi connectivity index (χ3v) is 4.11. The lowest BCUT2D eigenvalue weighted by atomic mass is 10.2. The maximum atomic E-state index is 6.21. The van der Waals surface area contributed by atoms with E-state index < -0.39 is 0 Å². The van der Waals surface area contributed by atoms with E-state index >= 15 is 0 Å². The van der Waals surface area contributed by atoms with Gasteiger partial charge in [-0.25, -0.2) is 4.98 Å². The fourth-order valence-electron chi connectivity index (χ4n) is 2.44. The SMILES string of the molecule is COc1cc(Cl)cc(C)c1Nc1nc2c(Cl)cccc2n1C. The lowest BCUT2D eigenvalue weighted by Crippen LogP contribution is -2.02. The van der Waals surface area contributed by atoms with Crippen LogP contribution in [0, 0.1) is 6.92 Å². The number of aromatic nitrogens is 2. The Kier molecular flexibility index (Phi) is 3.89. The molecule has 1 heterocycles. The molecular formula is C16H15Cl2N3O. The molecule has 0 spiro atoms. The summed E-state index contributed by atoms with van der Waals surface area (Å²) in [5.41, 5.74) is 3.53. The highest BCUT2D eigenvalue weighted by Gasteiger charge is 2.14. The first-order chi connectivity index (χ1) is 10.5. The number of ether oxygens (including phenoxy) is 1. The topological polar surface area (TPSA) is 39.1 Å². The van der Waals surface area contributed by atoms with Crippen molar-refractivity contribution in [2.45, 2.75) is 6.92 Å². The van der Waals surface area contributed by atoms with Crippen molar-refractivity contribution in [3.8, 4) is 5.75 Å². The molecule has 1 N–H and O–H groups in total. The zero-order valence-electron chi connectivity index (χ0n) is 12.4. The van der Waals surface area contributed by atoms with Crippen molar-refractivity contribution in [3.05, 3.63) is 45.9 Å². The molecule has 0 saturated carbocycles. The molecule has 0 amide bonds. The van der Waals surface area contributed by atoms with Crippen LogP contribution in [-0.2, 0) is 7.05 Å². The molecular weight excluding hydrogens is 321 g/mol. The van der Waals surface area contributed by atoms with E-state index in [0.717, 1.165) is 22.3 Å². The minimum absolute atomic E-state index is 0.626. The third-order valence-electron chi connectivity index (χ3n) is 3.58. The minimum Gasteiger partial charge on any atom is -0.495 e. The fourth-order valence-corrected chi connectivity index (χ4v) is 2.91. The average Bonchev–Trinajstić information content (AvgIpc) is 2.80. The van der Waals surface area contributed by atoms with Gasteiger partial charge in [-0.15, -0.1) is 0 Å². The van der Waals surface area contributed by atoms with Crippen LogP contribution in [0.15, 0.2) is 30.3 Å². The molecule has 0 saturated heterocycles. The third kappa shape index (κ3) is 2.49. The quantitative estimate of drug-likeness (QED) is 0.736. The molecule has 0 bridgehead atoms. The molecule has 22 heavy (non-hydrogen) atoms. The number of fused-ring (bicyclic) bond motifs is 1. The first-order valence-electron chi connectivity index (χ1n) is 6.73. The van der Waals surface area contributed by atoms with Gasteiger partial charge in [0.05, 0.1) is 23.3 Å². The maximum Gasteiger partial charge on any atom is 0.208 e. The van der Waals surface area contributed by atoms with E-state index in [0.29, 0.717) is 21.7 Å². The van der Waals surface area contributed by atoms with Crippen LogP contribution in [0.1, 0.15) is 5.56 Å². The molecule has 114 valence electrons. The molecule has 6 heteroatoms. The van der Waals surface area contributed by atoms with Crippen LogP contribution < -0.4 is 10.1 Å². The Morgan fingerprint density at radius 2 is 2.00 bits per heavy atom. The summed E-state index contributed by atoms with van der Waals surface area (Å²) < 4.78 is 7.36. The summed E-state index contributed by atoms with van der Waals surface area (Å²) in [4.78, 5) is 4.58. The van der Waals surface area contributed by atoms with Crippen molar-refractivity contribution in [2.24, 2.45) is 7.05 Å². The van der Waals surface area contributed by atoms with Crippen LogP contribution in [-0.4, -0.2) is 16.7 Å². The van der Waals surface area contributed by atoms with Crippen molar-refractivity contribution >= 4 is 45.9 Å². The van der Waals surface area contributed by atoms with Crippen molar-refractivity contribution in [1.29, 1.82) is 0 Å². The maximum absolute atomic E-state index is 6.21. The van der Waals surface area contributed by atoms with Crippen LogP contribution in [0.3, 0.4) is 0 Å². The molecule has 2 aromatic carbocycles. The van der Waals surface area contributed by atoms with Gasteiger partial charge >= 0.3 is 0 Å². The van der Waals surface area contributed by atoms with Gasteiger partial charge in [0, 0.05) is 18.1 Å². The highest BCUT2D eigenvalue weighted by Crippen LogP contribution is 2.35. The molecule has 3 aromatic rings. The number of nitrogens with zero attached hydrogens (tertiary/aromatic N) is 2. The molecule has 0 aliphatic carbocycles. The highest BCUT2D eigenvalue weighted by molar-refractivity contribution is 6.35. The van der Waals surface area contributed by atoms with E-state index in [2.05, 4.69) is 10.3 Å². The molecule has 0 fully saturated rings. The molecule has 3 rings (SSSR count). The second-order valence-corrected chi connectivity index (χ2v) is 5.87. The number of para-hydroxylation sites is 1. The van der Waals surface area contributed by atoms with Gasteiger partial charge in [0.25, 0.3) is 0 Å². The number of hydrogen-bond acceptors (Lipinski definition) is 3. The van der Waals surface area contributed by atoms with Crippen LogP contribution in [0.5, 0.6) is 5.75 Å². The van der Waals surface area contributed by atoms with Crippen molar-refractivity contribution in [1.82, 2.24) is 9.55 Å². The number of anilines is 2. The Morgan fingerprint density at radius 1 is 1.23 bits per heavy atom. The van der Waals surface area contributed by atoms with Crippen LogP contribution >= 0.6 is 23.2 Å². The predicted molar refractivity (Wildman–Crippen MR) is 91.7 cm³/mol. The van der Waals surface area contributed by atoms with Gasteiger partial charge in [0.2, 0.25) is 5.95 Å². The monoisotopic (exact) mass is 335 g/mol. The largest absolute Gasteiger partial charge is 0.495 e. The summed E-state index contributed by atoms with van der Waals surface area (Å²) in [6.45, 7) is 1.96. The van der Waals surface area contributed by atoms with E-state index in [1.165, 1.54) is 0 Å². The Bertz CT molecular complexity index is 858. The van der Waals surface area contributed by atoms with Gasteiger partial charge in [-0.2, -0.15) is 0 Å². The molecule has 0 aliphatic heterocycles. The Labute approximate surface area is 138 Å². The fraction of sp³-hybridized carbons (Fsp3) is 0.188. The van der Waals surface area contributed by atoms with Crippen molar-refractivity contribution in [3.63, 3.8) is 0 Å². The van der Waals surface area contributed by atoms with Gasteiger partial charge in [-0.1, -0.05) is 29.3 Å². The summed E-state index contributed by atoms with van der Waals surface area (Å²) in [6, 6.07) is 9.36. The van der Waals surface area contributed by atoms with Gasteiger partial charge in [0.15, 0.2) is 0 Å². The summed E-state index contributed by atoms with van der Waals surface area (Å²) in [6.07, 6.45) is 0. The normalized spacial score (nSPS) is 11.0. The summed E-state index contributed by atoms with van der Waals surface area (Å²) >= 11 is 12.3. The van der Waals surface area contributed by atoms with Gasteiger partial charge in [-0.3, -0.25) is 0 Å². The summed E-state index contributed by atoms with van der Waals surface area (Å²) in [5.74, 6) is 1.36. The van der Waals surface area contributed by atoms with E-state index in [-0.39, 0.29) is 0 Å². The molecule has 0 radical (unpaired) electrons. The van der Waals surface area contributed by atoms with E-state index in [4.69, 9.17) is 27.9 Å². The lowest BCUT2D eigenvalue weighted by Gasteiger charge is -2.14. The lowest BCUT2D eigenvalue weighted by molar-refractivity contribution is 0.416. The van der Waals surface area contributed by atoms with Gasteiger partial charge in [-0.05, 0) is 30.7 Å². The Morgan fingerprint density at radius 3 is 2.68 bits per heavy atom. The molecule has 0 atom stereocenters. The average molecular weight is 336 g/mol. The molecule has 1 aromatic heterocycles. The molecule has 0 aliphatic rings. The van der Waals surface area contributed by atoms with Crippen molar-refractivity contribution in [2.75, 3.05) is 12.4 Å². The van der Waals surface area contributed by atoms with Crippen LogP contribution in [0.4, 0.5) is 11.6 Å². The summed E-state index contributed by atoms with van der Waals surface area (Å²) in [7, 11) is 3.55. The molecule has 0 unspecified atom stereocenters. The Balaban J connectivity index is 2.11.